The standard InChI is InChI=1S/C19H23FN2O3S/c1-12(2)19(15-6-8-16(20)9-7-15)22-26(24,25)18-11-17(21-14(4)23)10-5-13(18)3/h5-12,19,22H,1-4H3,(H,21,23). The van der Waals surface area contributed by atoms with Gasteiger partial charge in [-0.15, -0.1) is 0 Å². The van der Waals surface area contributed by atoms with Crippen LogP contribution >= 0.6 is 0 Å². The number of nitrogens with one attached hydrogen (secondary N) is 2. The van der Waals surface area contributed by atoms with Crippen LogP contribution < -0.4 is 10.0 Å². The minimum Gasteiger partial charge on any atom is -0.326 e. The van der Waals surface area contributed by atoms with E-state index >= 15 is 0 Å². The molecule has 0 aromatic heterocycles. The van der Waals surface area contributed by atoms with Crippen LogP contribution in [0.2, 0.25) is 0 Å². The maximum absolute atomic E-state index is 13.2. The molecule has 0 bridgehead atoms. The zero-order chi connectivity index (χ0) is 19.5. The van der Waals surface area contributed by atoms with Crippen molar-refractivity contribution in [1.82, 2.24) is 4.72 Å². The third-order valence-corrected chi connectivity index (χ3v) is 5.56. The number of hydrogen-bond acceptors (Lipinski definition) is 3. The highest BCUT2D eigenvalue weighted by Crippen LogP contribution is 2.27. The van der Waals surface area contributed by atoms with Gasteiger partial charge in [0.05, 0.1) is 4.90 Å². The van der Waals surface area contributed by atoms with Gasteiger partial charge in [-0.3, -0.25) is 4.79 Å². The molecule has 1 atom stereocenters. The van der Waals surface area contributed by atoms with Gasteiger partial charge >= 0.3 is 0 Å². The third-order valence-electron chi connectivity index (χ3n) is 3.98. The third kappa shape index (κ3) is 4.89. The van der Waals surface area contributed by atoms with Gasteiger partial charge in [-0.2, -0.15) is 0 Å². The average molecular weight is 378 g/mol. The van der Waals surface area contributed by atoms with Gasteiger partial charge in [0.15, 0.2) is 0 Å². The van der Waals surface area contributed by atoms with Crippen LogP contribution in [0.15, 0.2) is 47.4 Å². The highest BCUT2D eigenvalue weighted by Gasteiger charge is 2.25. The molecule has 5 nitrogen and oxygen atoms in total. The molecule has 2 aromatic rings. The van der Waals surface area contributed by atoms with Crippen molar-refractivity contribution in [2.45, 2.75) is 38.6 Å². The van der Waals surface area contributed by atoms with Crippen LogP contribution in [0.3, 0.4) is 0 Å². The first kappa shape index (κ1) is 20.1. The van der Waals surface area contributed by atoms with E-state index in [0.717, 1.165) is 0 Å². The highest BCUT2D eigenvalue weighted by atomic mass is 32.2. The molecule has 0 aliphatic rings. The number of rotatable bonds is 6. The molecule has 0 radical (unpaired) electrons. The van der Waals surface area contributed by atoms with Gasteiger partial charge < -0.3 is 5.32 Å². The summed E-state index contributed by atoms with van der Waals surface area (Å²) in [6.07, 6.45) is 0. The second-order valence-corrected chi connectivity index (χ2v) is 8.24. The fourth-order valence-electron chi connectivity index (χ4n) is 2.66. The summed E-state index contributed by atoms with van der Waals surface area (Å²) >= 11 is 0. The van der Waals surface area contributed by atoms with Gasteiger partial charge in [-0.1, -0.05) is 32.0 Å². The zero-order valence-electron chi connectivity index (χ0n) is 15.2. The average Bonchev–Trinajstić information content (AvgIpc) is 2.54. The van der Waals surface area contributed by atoms with Crippen molar-refractivity contribution < 1.29 is 17.6 Å². The first-order valence-corrected chi connectivity index (χ1v) is 9.74. The SMILES string of the molecule is CC(=O)Nc1ccc(C)c(S(=O)(=O)NC(c2ccc(F)cc2)C(C)C)c1. The maximum Gasteiger partial charge on any atom is 0.241 e. The van der Waals surface area contributed by atoms with Crippen molar-refractivity contribution in [3.05, 3.63) is 59.4 Å². The normalized spacial score (nSPS) is 12.8. The van der Waals surface area contributed by atoms with E-state index in [1.165, 1.54) is 25.1 Å². The summed E-state index contributed by atoms with van der Waals surface area (Å²) in [6, 6.07) is 9.97. The van der Waals surface area contributed by atoms with Gasteiger partial charge in [0.1, 0.15) is 5.82 Å². The van der Waals surface area contributed by atoms with Crippen molar-refractivity contribution in [2.75, 3.05) is 5.32 Å². The first-order valence-electron chi connectivity index (χ1n) is 8.26. The Bertz CT molecular complexity index is 894. The molecule has 0 aliphatic heterocycles. The predicted octanol–water partition coefficient (Wildman–Crippen LogP) is 3.77. The number of carbonyl (C=O) groups excluding carboxylic acids is 1. The van der Waals surface area contributed by atoms with Gasteiger partial charge in [-0.05, 0) is 48.2 Å². The Balaban J connectivity index is 2.39. The number of halogens is 1. The van der Waals surface area contributed by atoms with E-state index in [9.17, 15) is 17.6 Å². The van der Waals surface area contributed by atoms with E-state index < -0.39 is 16.1 Å². The molecule has 2 rings (SSSR count). The lowest BCUT2D eigenvalue weighted by Crippen LogP contribution is -2.32. The first-order chi connectivity index (χ1) is 12.1. The lowest BCUT2D eigenvalue weighted by atomic mass is 9.97. The molecule has 2 N–H and O–H groups in total. The van der Waals surface area contributed by atoms with Crippen LogP contribution in [0.5, 0.6) is 0 Å². The predicted molar refractivity (Wildman–Crippen MR) is 99.8 cm³/mol. The summed E-state index contributed by atoms with van der Waals surface area (Å²) in [5.41, 5.74) is 1.65. The van der Waals surface area contributed by atoms with Crippen molar-refractivity contribution in [1.29, 1.82) is 0 Å². The summed E-state index contributed by atoms with van der Waals surface area (Å²) in [4.78, 5) is 11.3. The smallest absolute Gasteiger partial charge is 0.241 e. The van der Waals surface area contributed by atoms with Crippen molar-refractivity contribution >= 4 is 21.6 Å². The Morgan fingerprint density at radius 2 is 1.69 bits per heavy atom. The summed E-state index contributed by atoms with van der Waals surface area (Å²) in [7, 11) is -3.85. The summed E-state index contributed by atoms with van der Waals surface area (Å²) in [5, 5.41) is 2.59. The minimum atomic E-state index is -3.85. The molecule has 0 saturated carbocycles. The van der Waals surface area contributed by atoms with Gasteiger partial charge in [0, 0.05) is 18.7 Å². The van der Waals surface area contributed by atoms with E-state index in [0.29, 0.717) is 16.8 Å². The molecule has 0 aliphatic carbocycles. The largest absolute Gasteiger partial charge is 0.326 e. The van der Waals surface area contributed by atoms with Crippen LogP contribution in [0, 0.1) is 18.7 Å². The topological polar surface area (TPSA) is 75.3 Å². The van der Waals surface area contributed by atoms with Crippen LogP contribution in [0.1, 0.15) is 37.9 Å². The van der Waals surface area contributed by atoms with Gasteiger partial charge in [-0.25, -0.2) is 17.5 Å². The number of hydrogen-bond donors (Lipinski definition) is 2. The van der Waals surface area contributed by atoms with E-state index in [4.69, 9.17) is 0 Å². The fourth-order valence-corrected chi connectivity index (χ4v) is 4.30. The Kier molecular flexibility index (Phi) is 6.15. The van der Waals surface area contributed by atoms with E-state index in [-0.39, 0.29) is 22.5 Å². The molecule has 0 fully saturated rings. The highest BCUT2D eigenvalue weighted by molar-refractivity contribution is 7.89. The molecule has 140 valence electrons. The molecule has 7 heteroatoms. The molecular formula is C19H23FN2O3S. The fraction of sp³-hybridized carbons (Fsp3) is 0.316. The Labute approximate surface area is 153 Å². The quantitative estimate of drug-likeness (QED) is 0.803. The molecule has 0 saturated heterocycles. The van der Waals surface area contributed by atoms with E-state index in [1.54, 1.807) is 31.2 Å². The van der Waals surface area contributed by atoms with Crippen molar-refractivity contribution in [3.8, 4) is 0 Å². The van der Waals surface area contributed by atoms with Crippen LogP contribution in [0.4, 0.5) is 10.1 Å². The van der Waals surface area contributed by atoms with Crippen molar-refractivity contribution in [2.24, 2.45) is 5.92 Å². The molecular weight excluding hydrogens is 355 g/mol. The summed E-state index contributed by atoms with van der Waals surface area (Å²) < 4.78 is 41.8. The molecule has 1 amide bonds. The van der Waals surface area contributed by atoms with Gasteiger partial charge in [0.2, 0.25) is 15.9 Å². The summed E-state index contributed by atoms with van der Waals surface area (Å²) in [5.74, 6) is -0.705. The Hall–Kier alpha value is -2.25. The van der Waals surface area contributed by atoms with Gasteiger partial charge in [0.25, 0.3) is 0 Å². The number of sulfonamides is 1. The summed E-state index contributed by atoms with van der Waals surface area (Å²) in [6.45, 7) is 6.82. The molecule has 26 heavy (non-hydrogen) atoms. The number of carbonyl (C=O) groups is 1. The van der Waals surface area contributed by atoms with Crippen LogP contribution in [-0.2, 0) is 14.8 Å². The second kappa shape index (κ2) is 7.97. The second-order valence-electron chi connectivity index (χ2n) is 6.56. The van der Waals surface area contributed by atoms with E-state index in [2.05, 4.69) is 10.0 Å². The molecule has 2 aromatic carbocycles. The number of benzene rings is 2. The Morgan fingerprint density at radius 1 is 1.08 bits per heavy atom. The number of amides is 1. The maximum atomic E-state index is 13.2. The molecule has 0 spiro atoms. The monoisotopic (exact) mass is 378 g/mol. The zero-order valence-corrected chi connectivity index (χ0v) is 16.0. The molecule has 0 heterocycles. The van der Waals surface area contributed by atoms with Crippen LogP contribution in [-0.4, -0.2) is 14.3 Å². The lowest BCUT2D eigenvalue weighted by molar-refractivity contribution is -0.114. The lowest BCUT2D eigenvalue weighted by Gasteiger charge is -2.23. The minimum absolute atomic E-state index is 0.0472. The Morgan fingerprint density at radius 3 is 2.23 bits per heavy atom. The van der Waals surface area contributed by atoms with Crippen LogP contribution in [0.25, 0.3) is 0 Å². The van der Waals surface area contributed by atoms with E-state index in [1.807, 2.05) is 13.8 Å². The van der Waals surface area contributed by atoms with Crippen molar-refractivity contribution in [3.63, 3.8) is 0 Å². The number of aryl methyl sites for hydroxylation is 1. The number of anilines is 1. The molecule has 1 unspecified atom stereocenters.